The van der Waals surface area contributed by atoms with E-state index in [-0.39, 0.29) is 66.6 Å². The summed E-state index contributed by atoms with van der Waals surface area (Å²) in [5.41, 5.74) is 5.17. The largest absolute Gasteiger partial charge is 1.00 e. The first-order valence-corrected chi connectivity index (χ1v) is 5.14. The minimum atomic E-state index is -0.701. The smallest absolute Gasteiger partial charge is 0.418 e. The molecule has 9 nitrogen and oxygen atoms in total. The Bertz CT molecular complexity index is 594. The predicted molar refractivity (Wildman–Crippen MR) is 60.6 cm³/mol. The van der Waals surface area contributed by atoms with Gasteiger partial charge in [0, 0.05) is 5.52 Å². The molecule has 0 radical (unpaired) electrons. The van der Waals surface area contributed by atoms with Gasteiger partial charge in [-0.25, -0.2) is 4.98 Å². The first-order valence-electron chi connectivity index (χ1n) is 5.14. The van der Waals surface area contributed by atoms with Crippen LogP contribution >= 0.6 is 0 Å². The summed E-state index contributed by atoms with van der Waals surface area (Å²) in [6.07, 6.45) is 0.653. The number of hydrogen-bond acceptors (Lipinski definition) is 8. The van der Waals surface area contributed by atoms with Crippen LogP contribution in [0.15, 0.2) is 11.1 Å². The molecule has 0 unspecified atom stereocenters. The van der Waals surface area contributed by atoms with E-state index >= 15 is 0 Å². The van der Waals surface area contributed by atoms with Crippen molar-refractivity contribution in [1.82, 2.24) is 19.5 Å². The Morgan fingerprint density at radius 1 is 1.42 bits per heavy atom. The number of aromatic nitrogens is 4. The number of aliphatic hydroxyl groups is 2. The van der Waals surface area contributed by atoms with Crippen molar-refractivity contribution < 1.29 is 44.5 Å². The van der Waals surface area contributed by atoms with E-state index in [2.05, 4.69) is 15.0 Å². The number of nitrogen functional groups attached to an aromatic ring is 1. The molecule has 0 aliphatic heterocycles. The van der Waals surface area contributed by atoms with Crippen molar-refractivity contribution in [3.63, 3.8) is 0 Å². The zero-order valence-electron chi connectivity index (χ0n) is 10.4. The van der Waals surface area contributed by atoms with Crippen molar-refractivity contribution in [2.45, 2.75) is 12.8 Å². The maximum Gasteiger partial charge on any atom is 1.00 e. The van der Waals surface area contributed by atoms with Crippen LogP contribution in [0.5, 0.6) is 0 Å². The zero-order valence-corrected chi connectivity index (χ0v) is 12.4. The molecule has 0 amide bonds. The van der Waals surface area contributed by atoms with Crippen LogP contribution in [0.25, 0.3) is 11.2 Å². The van der Waals surface area contributed by atoms with E-state index in [0.717, 1.165) is 0 Å². The SMILES string of the molecule is Nc1nc(=O)[c-]2ncn(COC(CO)CO)c2n1.[Na+]. The van der Waals surface area contributed by atoms with Gasteiger partial charge in [0.1, 0.15) is 12.8 Å². The third-order valence-corrected chi connectivity index (χ3v) is 2.31. The Labute approximate surface area is 129 Å². The predicted octanol–water partition coefficient (Wildman–Crippen LogP) is -5.18. The van der Waals surface area contributed by atoms with Gasteiger partial charge in [0.25, 0.3) is 0 Å². The second-order valence-electron chi connectivity index (χ2n) is 3.56. The molecule has 2 heterocycles. The van der Waals surface area contributed by atoms with Crippen molar-refractivity contribution in [1.29, 1.82) is 0 Å². The summed E-state index contributed by atoms with van der Waals surface area (Å²) in [6.45, 7) is -0.641. The van der Waals surface area contributed by atoms with Crippen LogP contribution in [0, 0.1) is 0 Å². The summed E-state index contributed by atoms with van der Waals surface area (Å²) >= 11 is 0. The van der Waals surface area contributed by atoms with Gasteiger partial charge in [-0.3, -0.25) is 4.79 Å². The molecule has 19 heavy (non-hydrogen) atoms. The van der Waals surface area contributed by atoms with Crippen molar-refractivity contribution >= 4 is 17.1 Å². The van der Waals surface area contributed by atoms with Crippen molar-refractivity contribution in [3.05, 3.63) is 16.7 Å². The standard InChI is InChI=1S/C9H12N5O4.Na/c10-9-12-7-6(8(17)13-9)11-3-14(7)4-18-5(1-15)2-16;/h3,5,15-16H,1-2,4H2,(H2,10,13,17);/q-1;+1. The molecule has 0 aliphatic rings. The van der Waals surface area contributed by atoms with Crippen LogP contribution in [0.3, 0.4) is 0 Å². The first kappa shape index (κ1) is 16.1. The number of anilines is 1. The molecule has 2 aromatic heterocycles. The topological polar surface area (TPSA) is 136 Å². The number of ether oxygens (including phenoxy) is 1. The Morgan fingerprint density at radius 2 is 2.11 bits per heavy atom. The molecule has 2 aromatic rings. The summed E-state index contributed by atoms with van der Waals surface area (Å²) < 4.78 is 6.63. The third kappa shape index (κ3) is 3.53. The van der Waals surface area contributed by atoms with Crippen molar-refractivity contribution in [3.8, 4) is 0 Å². The molecule has 2 rings (SSSR count). The first-order chi connectivity index (χ1) is 8.65. The van der Waals surface area contributed by atoms with Gasteiger partial charge in [-0.05, 0) is 0 Å². The van der Waals surface area contributed by atoms with E-state index < -0.39 is 11.7 Å². The van der Waals surface area contributed by atoms with Gasteiger partial charge >= 0.3 is 29.6 Å². The molecular weight excluding hydrogens is 265 g/mol. The van der Waals surface area contributed by atoms with E-state index in [1.54, 1.807) is 0 Å². The van der Waals surface area contributed by atoms with Gasteiger partial charge in [0.2, 0.25) is 11.5 Å². The number of nitrogens with two attached hydrogens (primary N) is 1. The number of fused-ring (bicyclic) bond motifs is 1. The maximum absolute atomic E-state index is 11.4. The average Bonchev–Trinajstić information content (AvgIpc) is 2.74. The molecule has 0 atom stereocenters. The zero-order chi connectivity index (χ0) is 13.1. The van der Waals surface area contributed by atoms with E-state index in [1.165, 1.54) is 10.9 Å². The molecule has 98 valence electrons. The van der Waals surface area contributed by atoms with E-state index in [4.69, 9.17) is 20.7 Å². The Kier molecular flexibility index (Phi) is 5.91. The quantitative estimate of drug-likeness (QED) is 0.364. The summed E-state index contributed by atoms with van der Waals surface area (Å²) in [5.74, 6) is -0.143. The normalized spacial score (nSPS) is 10.9. The van der Waals surface area contributed by atoms with Crippen molar-refractivity contribution in [2.24, 2.45) is 0 Å². The molecule has 4 N–H and O–H groups in total. The van der Waals surface area contributed by atoms with Crippen molar-refractivity contribution in [2.75, 3.05) is 18.9 Å². The van der Waals surface area contributed by atoms with Crippen LogP contribution in [-0.2, 0) is 11.5 Å². The minimum Gasteiger partial charge on any atom is -0.418 e. The Morgan fingerprint density at radius 3 is 2.74 bits per heavy atom. The van der Waals surface area contributed by atoms with Gasteiger partial charge in [0.05, 0.1) is 18.9 Å². The summed E-state index contributed by atoms with van der Waals surface area (Å²) in [6, 6.07) is 0. The fourth-order valence-corrected chi connectivity index (χ4v) is 1.38. The summed E-state index contributed by atoms with van der Waals surface area (Å²) in [4.78, 5) is 22.6. The molecule has 10 heteroatoms. The monoisotopic (exact) mass is 277 g/mol. The van der Waals surface area contributed by atoms with Crippen LogP contribution < -0.4 is 40.9 Å². The molecule has 0 bridgehead atoms. The fraction of sp³-hybridized carbons (Fsp3) is 0.444. The van der Waals surface area contributed by atoms with Crippen LogP contribution in [0.1, 0.15) is 0 Å². The molecule has 0 aromatic carbocycles. The Balaban J connectivity index is 0.00000180. The number of imidazole rings is 1. The van der Waals surface area contributed by atoms with Crippen LogP contribution in [0.2, 0.25) is 0 Å². The van der Waals surface area contributed by atoms with Gasteiger partial charge in [-0.15, -0.1) is 0 Å². The average molecular weight is 277 g/mol. The fourth-order valence-electron chi connectivity index (χ4n) is 1.38. The molecule has 0 aliphatic carbocycles. The maximum atomic E-state index is 11.4. The summed E-state index contributed by atoms with van der Waals surface area (Å²) in [7, 11) is 0. The second kappa shape index (κ2) is 6.98. The molecule has 0 fully saturated rings. The molecule has 0 spiro atoms. The van der Waals surface area contributed by atoms with Crippen LogP contribution in [-0.4, -0.2) is 49.0 Å². The second-order valence-corrected chi connectivity index (χ2v) is 3.56. The number of aliphatic hydroxyl groups excluding tert-OH is 2. The molecule has 0 saturated carbocycles. The van der Waals surface area contributed by atoms with Gasteiger partial charge in [-0.2, -0.15) is 4.98 Å². The number of rotatable bonds is 5. The van der Waals surface area contributed by atoms with Gasteiger partial charge < -0.3 is 30.2 Å². The van der Waals surface area contributed by atoms with E-state index in [1.807, 2.05) is 0 Å². The van der Waals surface area contributed by atoms with Gasteiger partial charge in [0.15, 0.2) is 0 Å². The van der Waals surface area contributed by atoms with E-state index in [9.17, 15) is 4.79 Å². The van der Waals surface area contributed by atoms with Crippen LogP contribution in [0.4, 0.5) is 5.95 Å². The van der Waals surface area contributed by atoms with Gasteiger partial charge in [-0.1, -0.05) is 6.33 Å². The number of hydrogen-bond donors (Lipinski definition) is 3. The molecular formula is C9H12N5NaO4. The molecule has 0 saturated heterocycles. The third-order valence-electron chi connectivity index (χ3n) is 2.31. The number of nitrogens with zero attached hydrogens (tertiary/aromatic N) is 4. The van der Waals surface area contributed by atoms with E-state index in [0.29, 0.717) is 0 Å². The Hall–Kier alpha value is -0.970. The summed E-state index contributed by atoms with van der Waals surface area (Å²) in [5, 5.41) is 17.7. The minimum absolute atomic E-state index is 0.